The van der Waals surface area contributed by atoms with Crippen molar-refractivity contribution in [2.45, 2.75) is 19.6 Å². The first-order valence-electron chi connectivity index (χ1n) is 5.75. The quantitative estimate of drug-likeness (QED) is 0.827. The third kappa shape index (κ3) is 2.51. The molecule has 1 aliphatic heterocycles. The zero-order valence-electron chi connectivity index (χ0n) is 9.94. The second-order valence-electron chi connectivity index (χ2n) is 4.16. The van der Waals surface area contributed by atoms with Crippen molar-refractivity contribution in [2.24, 2.45) is 0 Å². The molecule has 1 atom stereocenters. The van der Waals surface area contributed by atoms with Gasteiger partial charge in [-0.1, -0.05) is 0 Å². The largest absolute Gasteiger partial charge is 0.375 e. The van der Waals surface area contributed by atoms with Crippen LogP contribution in [0.25, 0.3) is 0 Å². The van der Waals surface area contributed by atoms with Crippen molar-refractivity contribution in [1.29, 1.82) is 0 Å². The van der Waals surface area contributed by atoms with Gasteiger partial charge < -0.3 is 15.0 Å². The molecule has 0 bridgehead atoms. The van der Waals surface area contributed by atoms with Crippen LogP contribution in [-0.4, -0.2) is 37.8 Å². The lowest BCUT2D eigenvalue weighted by atomic mass is 10.2. The van der Waals surface area contributed by atoms with E-state index in [2.05, 4.69) is 28.2 Å². The van der Waals surface area contributed by atoms with Gasteiger partial charge in [-0.15, -0.1) is 0 Å². The number of nitrogens with zero attached hydrogens (tertiary/aromatic N) is 2. The minimum Gasteiger partial charge on any atom is -0.375 e. The number of anilines is 1. The van der Waals surface area contributed by atoms with E-state index in [1.165, 1.54) is 11.3 Å². The van der Waals surface area contributed by atoms with Crippen molar-refractivity contribution in [2.75, 3.05) is 31.6 Å². The molecule has 1 aromatic rings. The lowest BCUT2D eigenvalue weighted by Gasteiger charge is -2.34. The highest BCUT2D eigenvalue weighted by Gasteiger charge is 2.18. The third-order valence-electron chi connectivity index (χ3n) is 2.83. The zero-order chi connectivity index (χ0) is 11.4. The Morgan fingerprint density at radius 1 is 1.62 bits per heavy atom. The smallest absolute Gasteiger partial charge is 0.0722 e. The van der Waals surface area contributed by atoms with Crippen LogP contribution in [0.15, 0.2) is 18.5 Å². The molecule has 0 saturated carbocycles. The normalized spacial score (nSPS) is 21.1. The number of aromatic nitrogens is 1. The summed E-state index contributed by atoms with van der Waals surface area (Å²) in [5.74, 6) is 0. The maximum absolute atomic E-state index is 5.56. The number of morpholine rings is 1. The van der Waals surface area contributed by atoms with Gasteiger partial charge in [0.2, 0.25) is 0 Å². The first-order chi connectivity index (χ1) is 7.81. The van der Waals surface area contributed by atoms with Gasteiger partial charge >= 0.3 is 0 Å². The number of hydrogen-bond donors (Lipinski definition) is 1. The minimum absolute atomic E-state index is 0.310. The van der Waals surface area contributed by atoms with Crippen LogP contribution in [0, 0.1) is 0 Å². The molecule has 1 fully saturated rings. The fraction of sp³-hybridized carbons (Fsp3) is 0.583. The summed E-state index contributed by atoms with van der Waals surface area (Å²) in [6, 6.07) is 2.09. The van der Waals surface area contributed by atoms with Crippen LogP contribution in [0.3, 0.4) is 0 Å². The number of rotatable bonds is 3. The molecular formula is C12H19N3O. The molecule has 0 aliphatic carbocycles. The van der Waals surface area contributed by atoms with E-state index >= 15 is 0 Å². The van der Waals surface area contributed by atoms with E-state index in [4.69, 9.17) is 4.74 Å². The maximum Gasteiger partial charge on any atom is 0.0722 e. The van der Waals surface area contributed by atoms with Crippen molar-refractivity contribution >= 4 is 5.69 Å². The van der Waals surface area contributed by atoms with Gasteiger partial charge in [0.05, 0.1) is 12.7 Å². The molecule has 1 aliphatic rings. The summed E-state index contributed by atoms with van der Waals surface area (Å²) in [5, 5.41) is 3.18. The molecule has 0 radical (unpaired) electrons. The van der Waals surface area contributed by atoms with Crippen LogP contribution in [0.2, 0.25) is 0 Å². The van der Waals surface area contributed by atoms with E-state index in [-0.39, 0.29) is 0 Å². The molecule has 0 spiro atoms. The lowest BCUT2D eigenvalue weighted by molar-refractivity contribution is 0.0531. The van der Waals surface area contributed by atoms with Crippen LogP contribution in [-0.2, 0) is 11.3 Å². The first-order valence-corrected chi connectivity index (χ1v) is 5.75. The van der Waals surface area contributed by atoms with Crippen molar-refractivity contribution in [3.8, 4) is 0 Å². The van der Waals surface area contributed by atoms with E-state index in [1.807, 2.05) is 19.4 Å². The molecule has 4 heteroatoms. The Morgan fingerprint density at radius 3 is 3.25 bits per heavy atom. The molecule has 2 rings (SSSR count). The highest BCUT2D eigenvalue weighted by molar-refractivity contribution is 5.52. The van der Waals surface area contributed by atoms with Crippen molar-refractivity contribution in [1.82, 2.24) is 10.3 Å². The second-order valence-corrected chi connectivity index (χ2v) is 4.16. The molecule has 1 unspecified atom stereocenters. The summed E-state index contributed by atoms with van der Waals surface area (Å²) in [4.78, 5) is 6.56. The van der Waals surface area contributed by atoms with Gasteiger partial charge in [-0.25, -0.2) is 0 Å². The van der Waals surface area contributed by atoms with Gasteiger partial charge in [0.25, 0.3) is 0 Å². The maximum atomic E-state index is 5.56. The Bertz CT molecular complexity index is 343. The summed E-state index contributed by atoms with van der Waals surface area (Å²) in [7, 11) is 1.96. The predicted octanol–water partition coefficient (Wildman–Crippen LogP) is 1.03. The minimum atomic E-state index is 0.310. The molecule has 0 amide bonds. The van der Waals surface area contributed by atoms with E-state index in [0.29, 0.717) is 6.10 Å². The van der Waals surface area contributed by atoms with Crippen molar-refractivity contribution < 1.29 is 4.74 Å². The Kier molecular flexibility index (Phi) is 3.74. The Hall–Kier alpha value is -1.13. The summed E-state index contributed by atoms with van der Waals surface area (Å²) in [6.45, 7) is 5.70. The van der Waals surface area contributed by atoms with E-state index < -0.39 is 0 Å². The fourth-order valence-corrected chi connectivity index (χ4v) is 2.09. The molecule has 88 valence electrons. The van der Waals surface area contributed by atoms with Crippen molar-refractivity contribution in [3.63, 3.8) is 0 Å². The molecule has 1 N–H and O–H groups in total. The summed E-state index contributed by atoms with van der Waals surface area (Å²) < 4.78 is 5.56. The Labute approximate surface area is 96.6 Å². The first kappa shape index (κ1) is 11.4. The summed E-state index contributed by atoms with van der Waals surface area (Å²) in [5.41, 5.74) is 2.53. The van der Waals surface area contributed by atoms with Gasteiger partial charge in [0.1, 0.15) is 0 Å². The fourth-order valence-electron chi connectivity index (χ4n) is 2.09. The van der Waals surface area contributed by atoms with Gasteiger partial charge in [0, 0.05) is 43.3 Å². The van der Waals surface area contributed by atoms with Gasteiger partial charge in [-0.3, -0.25) is 4.98 Å². The summed E-state index contributed by atoms with van der Waals surface area (Å²) >= 11 is 0. The Morgan fingerprint density at radius 2 is 2.50 bits per heavy atom. The molecule has 16 heavy (non-hydrogen) atoms. The van der Waals surface area contributed by atoms with Crippen LogP contribution in [0.4, 0.5) is 5.69 Å². The third-order valence-corrected chi connectivity index (χ3v) is 2.83. The molecule has 1 aromatic heterocycles. The summed E-state index contributed by atoms with van der Waals surface area (Å²) in [6.07, 6.45) is 4.10. The van der Waals surface area contributed by atoms with Crippen LogP contribution < -0.4 is 10.2 Å². The number of ether oxygens (including phenoxy) is 1. The molecular weight excluding hydrogens is 202 g/mol. The van der Waals surface area contributed by atoms with E-state index in [1.54, 1.807) is 0 Å². The molecule has 4 nitrogen and oxygen atoms in total. The monoisotopic (exact) mass is 221 g/mol. The van der Waals surface area contributed by atoms with Gasteiger partial charge in [0.15, 0.2) is 0 Å². The van der Waals surface area contributed by atoms with Crippen LogP contribution in [0.5, 0.6) is 0 Å². The highest BCUT2D eigenvalue weighted by atomic mass is 16.5. The molecule has 1 saturated heterocycles. The van der Waals surface area contributed by atoms with Gasteiger partial charge in [-0.05, 0) is 20.0 Å². The number of pyridine rings is 1. The molecule has 0 aromatic carbocycles. The average Bonchev–Trinajstić information content (AvgIpc) is 2.30. The number of nitrogens with one attached hydrogen (secondary N) is 1. The lowest BCUT2D eigenvalue weighted by Crippen LogP contribution is -2.41. The average molecular weight is 221 g/mol. The van der Waals surface area contributed by atoms with E-state index in [9.17, 15) is 0 Å². The van der Waals surface area contributed by atoms with E-state index in [0.717, 1.165) is 26.2 Å². The SMILES string of the molecule is CNCc1cnccc1N1CCOC(C)C1. The topological polar surface area (TPSA) is 37.4 Å². The highest BCUT2D eigenvalue weighted by Crippen LogP contribution is 2.21. The van der Waals surface area contributed by atoms with Crippen molar-refractivity contribution in [3.05, 3.63) is 24.0 Å². The molecule has 2 heterocycles. The van der Waals surface area contributed by atoms with Crippen LogP contribution in [0.1, 0.15) is 12.5 Å². The standard InChI is InChI=1S/C12H19N3O/c1-10-9-15(5-6-16-10)12-3-4-14-8-11(12)7-13-2/h3-4,8,10,13H,5-7,9H2,1-2H3. The zero-order valence-corrected chi connectivity index (χ0v) is 9.94. The van der Waals surface area contributed by atoms with Crippen LogP contribution >= 0.6 is 0 Å². The van der Waals surface area contributed by atoms with Gasteiger partial charge in [-0.2, -0.15) is 0 Å². The predicted molar refractivity (Wildman–Crippen MR) is 64.6 cm³/mol. The second kappa shape index (κ2) is 5.27. The Balaban J connectivity index is 2.17. The number of hydrogen-bond acceptors (Lipinski definition) is 4.